The van der Waals surface area contributed by atoms with Gasteiger partial charge in [-0.05, 0) is 70.0 Å². The molecule has 4 rings (SSSR count). The first-order valence-corrected chi connectivity index (χ1v) is 14.1. The van der Waals surface area contributed by atoms with Crippen molar-refractivity contribution in [2.45, 2.75) is 45.3 Å². The van der Waals surface area contributed by atoms with Crippen LogP contribution in [-0.2, 0) is 4.74 Å². The summed E-state index contributed by atoms with van der Waals surface area (Å²) in [5.41, 5.74) is 2.64. The van der Waals surface area contributed by atoms with E-state index in [1.807, 2.05) is 37.3 Å². The molecule has 2 atom stereocenters. The van der Waals surface area contributed by atoms with E-state index in [1.165, 1.54) is 19.5 Å². The molecule has 1 amide bonds. The highest BCUT2D eigenvalue weighted by Crippen LogP contribution is 2.35. The van der Waals surface area contributed by atoms with Crippen LogP contribution in [-0.4, -0.2) is 59.5 Å². The number of aryl methyl sites for hydroxylation is 1. The molecule has 40 heavy (non-hydrogen) atoms. The van der Waals surface area contributed by atoms with E-state index < -0.39 is 0 Å². The zero-order valence-corrected chi connectivity index (χ0v) is 24.4. The number of piperidine rings is 1. The lowest BCUT2D eigenvalue weighted by atomic mass is 9.86. The lowest BCUT2D eigenvalue weighted by molar-refractivity contribution is 0.0576. The van der Waals surface area contributed by atoms with Crippen LogP contribution in [0.5, 0.6) is 5.88 Å². The van der Waals surface area contributed by atoms with Gasteiger partial charge in [-0.2, -0.15) is 0 Å². The molecule has 0 aliphatic carbocycles. The van der Waals surface area contributed by atoms with Crippen LogP contribution in [0.2, 0.25) is 10.0 Å². The number of nitrogens with one attached hydrogen (secondary N) is 1. The molecule has 1 N–H and O–H groups in total. The predicted molar refractivity (Wildman–Crippen MR) is 155 cm³/mol. The third kappa shape index (κ3) is 7.50. The van der Waals surface area contributed by atoms with Crippen LogP contribution in [0.1, 0.15) is 64.3 Å². The molecule has 1 fully saturated rings. The summed E-state index contributed by atoms with van der Waals surface area (Å²) in [6.07, 6.45) is 5.29. The lowest BCUT2D eigenvalue weighted by Crippen LogP contribution is -2.43. The first kappa shape index (κ1) is 29.8. The maximum atomic E-state index is 12.6. The summed E-state index contributed by atoms with van der Waals surface area (Å²) in [4.78, 5) is 35.4. The van der Waals surface area contributed by atoms with Crippen molar-refractivity contribution in [3.8, 4) is 5.88 Å². The van der Waals surface area contributed by atoms with Gasteiger partial charge < -0.3 is 19.7 Å². The average molecular weight is 586 g/mol. The molecule has 1 saturated heterocycles. The van der Waals surface area contributed by atoms with E-state index in [1.54, 1.807) is 12.1 Å². The van der Waals surface area contributed by atoms with Gasteiger partial charge in [0.05, 0.1) is 28.3 Å². The summed E-state index contributed by atoms with van der Waals surface area (Å²) in [6.45, 7) is 6.43. The van der Waals surface area contributed by atoms with Crippen molar-refractivity contribution in [1.82, 2.24) is 20.2 Å². The number of benzene rings is 1. The zero-order chi connectivity index (χ0) is 28.6. The molecule has 0 bridgehead atoms. The molecule has 10 heteroatoms. The lowest BCUT2D eigenvalue weighted by Gasteiger charge is -2.39. The molecule has 0 radical (unpaired) electrons. The number of rotatable bonds is 10. The minimum absolute atomic E-state index is 0.201. The van der Waals surface area contributed by atoms with E-state index in [9.17, 15) is 9.59 Å². The first-order valence-electron chi connectivity index (χ1n) is 13.4. The Labute approximate surface area is 245 Å². The smallest absolute Gasteiger partial charge is 0.337 e. The number of hydrogen-bond donors (Lipinski definition) is 1. The van der Waals surface area contributed by atoms with Crippen LogP contribution in [0, 0.1) is 12.8 Å². The monoisotopic (exact) mass is 584 g/mol. The Morgan fingerprint density at radius 1 is 1.07 bits per heavy atom. The number of pyridine rings is 2. The molecule has 8 nitrogen and oxygen atoms in total. The van der Waals surface area contributed by atoms with Gasteiger partial charge in [0.25, 0.3) is 5.91 Å². The summed E-state index contributed by atoms with van der Waals surface area (Å²) >= 11 is 12.2. The number of methoxy groups -OCH3 is 1. The van der Waals surface area contributed by atoms with Gasteiger partial charge in [-0.15, -0.1) is 0 Å². The van der Waals surface area contributed by atoms with E-state index in [0.717, 1.165) is 43.6 Å². The second-order valence-electron chi connectivity index (χ2n) is 10.0. The summed E-state index contributed by atoms with van der Waals surface area (Å²) in [5, 5.41) is 3.39. The third-order valence-electron chi connectivity index (χ3n) is 7.32. The Bertz CT molecular complexity index is 1290. The highest BCUT2D eigenvalue weighted by molar-refractivity contribution is 6.39. The first-order chi connectivity index (χ1) is 19.3. The third-order valence-corrected chi connectivity index (χ3v) is 7.90. The summed E-state index contributed by atoms with van der Waals surface area (Å²) in [7, 11) is 1.38. The van der Waals surface area contributed by atoms with Crippen molar-refractivity contribution >= 4 is 35.1 Å². The fourth-order valence-electron chi connectivity index (χ4n) is 5.03. The van der Waals surface area contributed by atoms with E-state index in [2.05, 4.69) is 27.1 Å². The van der Waals surface area contributed by atoms with E-state index in [-0.39, 0.29) is 45.5 Å². The number of ether oxygens (including phenoxy) is 2. The Morgan fingerprint density at radius 3 is 2.38 bits per heavy atom. The van der Waals surface area contributed by atoms with Crippen molar-refractivity contribution in [2.24, 2.45) is 5.92 Å². The average Bonchev–Trinajstić information content (AvgIpc) is 2.95. The molecule has 212 valence electrons. The predicted octanol–water partition coefficient (Wildman–Crippen LogP) is 5.92. The molecule has 1 aliphatic heterocycles. The van der Waals surface area contributed by atoms with Gasteiger partial charge >= 0.3 is 5.97 Å². The summed E-state index contributed by atoms with van der Waals surface area (Å²) < 4.78 is 11.3. The van der Waals surface area contributed by atoms with Crippen LogP contribution in [0.4, 0.5) is 0 Å². The fraction of sp³-hybridized carbons (Fsp3) is 0.400. The minimum atomic E-state index is -0.366. The van der Waals surface area contributed by atoms with Crippen LogP contribution >= 0.6 is 23.2 Å². The molecule has 0 spiro atoms. The largest absolute Gasteiger partial charge is 0.469 e. The second-order valence-corrected chi connectivity index (χ2v) is 10.8. The van der Waals surface area contributed by atoms with Gasteiger partial charge in [-0.25, -0.2) is 9.78 Å². The quantitative estimate of drug-likeness (QED) is 0.295. The van der Waals surface area contributed by atoms with Gasteiger partial charge in [-0.3, -0.25) is 9.78 Å². The summed E-state index contributed by atoms with van der Waals surface area (Å²) in [6, 6.07) is 13.5. The zero-order valence-electron chi connectivity index (χ0n) is 22.9. The molecule has 1 aromatic carbocycles. The number of amides is 1. The highest BCUT2D eigenvalue weighted by Gasteiger charge is 2.31. The maximum Gasteiger partial charge on any atom is 0.337 e. The summed E-state index contributed by atoms with van der Waals surface area (Å²) in [5.74, 6) is 0.189. The number of esters is 1. The Hall–Kier alpha value is -3.20. The Morgan fingerprint density at radius 2 is 1.75 bits per heavy atom. The highest BCUT2D eigenvalue weighted by atomic mass is 35.5. The topological polar surface area (TPSA) is 93.7 Å². The van der Waals surface area contributed by atoms with Gasteiger partial charge in [0.1, 0.15) is 6.10 Å². The molecule has 1 aliphatic rings. The van der Waals surface area contributed by atoms with Crippen LogP contribution in [0.15, 0.2) is 54.9 Å². The van der Waals surface area contributed by atoms with Crippen molar-refractivity contribution < 1.29 is 19.1 Å². The van der Waals surface area contributed by atoms with Crippen molar-refractivity contribution in [3.05, 3.63) is 87.3 Å². The standard InChI is InChI=1S/C30H34Cl2N4O4/c1-19-5-4-6-26(35-19)40-28(21-7-9-23(10-8-21)30(38)39-3)22-12-15-36(16-13-22)20(2)11-14-34-29(37)27-24(31)17-33-18-25(27)32/h4-10,17-18,20,22,28H,11-16H2,1-3H3,(H,34,37). The van der Waals surface area contributed by atoms with Gasteiger partial charge in [0.15, 0.2) is 0 Å². The van der Waals surface area contributed by atoms with E-state index in [4.69, 9.17) is 32.7 Å². The normalized spacial score (nSPS) is 15.7. The minimum Gasteiger partial charge on any atom is -0.469 e. The van der Waals surface area contributed by atoms with Crippen LogP contribution < -0.4 is 10.1 Å². The van der Waals surface area contributed by atoms with Gasteiger partial charge in [0, 0.05) is 42.7 Å². The Kier molecular flexibility index (Phi) is 10.4. The van der Waals surface area contributed by atoms with Gasteiger partial charge in [0.2, 0.25) is 5.88 Å². The fourth-order valence-corrected chi connectivity index (χ4v) is 5.57. The molecule has 0 saturated carbocycles. The number of likely N-dealkylation sites (tertiary alicyclic amines) is 1. The molecule has 3 aromatic rings. The molecule has 2 aromatic heterocycles. The molecular weight excluding hydrogens is 551 g/mol. The van der Waals surface area contributed by atoms with Crippen LogP contribution in [0.3, 0.4) is 0 Å². The number of halogens is 2. The SMILES string of the molecule is COC(=O)c1ccc(C(Oc2cccc(C)n2)C2CCN(C(C)CCNC(=O)c3c(Cl)cncc3Cl)CC2)cc1. The van der Waals surface area contributed by atoms with Gasteiger partial charge in [-0.1, -0.05) is 41.4 Å². The number of hydrogen-bond acceptors (Lipinski definition) is 7. The number of carbonyl (C=O) groups is 2. The number of aromatic nitrogens is 2. The maximum absolute atomic E-state index is 12.6. The molecule has 2 unspecified atom stereocenters. The molecular formula is C30H34Cl2N4O4. The Balaban J connectivity index is 1.36. The van der Waals surface area contributed by atoms with Crippen molar-refractivity contribution in [1.29, 1.82) is 0 Å². The van der Waals surface area contributed by atoms with Crippen molar-refractivity contribution in [3.63, 3.8) is 0 Å². The van der Waals surface area contributed by atoms with Crippen molar-refractivity contribution in [2.75, 3.05) is 26.7 Å². The second kappa shape index (κ2) is 13.9. The van der Waals surface area contributed by atoms with E-state index >= 15 is 0 Å². The molecule has 3 heterocycles. The van der Waals surface area contributed by atoms with E-state index in [0.29, 0.717) is 18.0 Å². The van der Waals surface area contributed by atoms with Crippen LogP contribution in [0.25, 0.3) is 0 Å². The number of carbonyl (C=O) groups excluding carboxylic acids is 2. The number of nitrogens with zero attached hydrogens (tertiary/aromatic N) is 3.